The van der Waals surface area contributed by atoms with Crippen LogP contribution in [0.3, 0.4) is 0 Å². The first-order valence-corrected chi connectivity index (χ1v) is 15.0. The molecule has 7 rings (SSSR count). The number of aromatic nitrogens is 5. The summed E-state index contributed by atoms with van der Waals surface area (Å²) in [5, 5.41) is 0.170. The lowest BCUT2D eigenvalue weighted by Gasteiger charge is -2.30. The first-order chi connectivity index (χ1) is 22.1. The Bertz CT molecular complexity index is 1970. The molecule has 1 N–H and O–H groups in total. The fourth-order valence-electron chi connectivity index (χ4n) is 5.69. The van der Waals surface area contributed by atoms with Gasteiger partial charge in [-0.2, -0.15) is 13.2 Å². The highest BCUT2D eigenvalue weighted by molar-refractivity contribution is 6.30. The monoisotopic (exact) mass is 654 g/mol. The van der Waals surface area contributed by atoms with E-state index < -0.39 is 30.0 Å². The van der Waals surface area contributed by atoms with Gasteiger partial charge in [-0.1, -0.05) is 17.7 Å². The van der Waals surface area contributed by atoms with Crippen LogP contribution in [-0.2, 0) is 43.6 Å². The van der Waals surface area contributed by atoms with Crippen molar-refractivity contribution in [3.8, 4) is 17.1 Å². The molecule has 9 nitrogen and oxygen atoms in total. The van der Waals surface area contributed by atoms with Crippen LogP contribution >= 0.6 is 11.6 Å². The second-order valence-electron chi connectivity index (χ2n) is 11.3. The maximum absolute atomic E-state index is 14.3. The van der Waals surface area contributed by atoms with Gasteiger partial charge in [0, 0.05) is 48.1 Å². The Morgan fingerprint density at radius 1 is 1.13 bits per heavy atom. The van der Waals surface area contributed by atoms with E-state index in [1.807, 2.05) is 6.07 Å². The van der Waals surface area contributed by atoms with Gasteiger partial charge in [-0.3, -0.25) is 14.7 Å². The van der Waals surface area contributed by atoms with Gasteiger partial charge in [0.05, 0.1) is 47.8 Å². The van der Waals surface area contributed by atoms with Gasteiger partial charge >= 0.3 is 6.18 Å². The summed E-state index contributed by atoms with van der Waals surface area (Å²) in [5.41, 5.74) is 2.75. The number of fused-ring (bicyclic) bond motifs is 2. The van der Waals surface area contributed by atoms with Crippen molar-refractivity contribution in [1.82, 2.24) is 29.4 Å². The fourth-order valence-corrected chi connectivity index (χ4v) is 5.85. The molecule has 0 spiro atoms. The molecule has 0 radical (unpaired) electrons. The van der Waals surface area contributed by atoms with Crippen LogP contribution in [0.2, 0.25) is 5.02 Å². The SMILES string of the molecule is O=c1ccc(-c2cc3nc(CN4CCc5cc(C(F)(F)F)c(OCc6ccc(Cl)cc6F)nc5C4)n(C[C@@H]4CCO4)c3cn2)c[nH]1. The van der Waals surface area contributed by atoms with Gasteiger partial charge in [-0.25, -0.2) is 14.4 Å². The lowest BCUT2D eigenvalue weighted by molar-refractivity contribution is -0.139. The number of nitrogens with one attached hydrogen (secondary N) is 1. The highest BCUT2D eigenvalue weighted by Crippen LogP contribution is 2.38. The number of pyridine rings is 3. The quantitative estimate of drug-likeness (QED) is 0.208. The number of ether oxygens (including phenoxy) is 2. The van der Waals surface area contributed by atoms with E-state index in [0.29, 0.717) is 49.6 Å². The zero-order valence-corrected chi connectivity index (χ0v) is 25.0. The summed E-state index contributed by atoms with van der Waals surface area (Å²) in [6.07, 6.45) is -0.0325. The van der Waals surface area contributed by atoms with Crippen molar-refractivity contribution in [2.75, 3.05) is 13.2 Å². The van der Waals surface area contributed by atoms with Crippen LogP contribution in [0.25, 0.3) is 22.3 Å². The molecular formula is C32H27ClF4N6O3. The minimum Gasteiger partial charge on any atom is -0.472 e. The number of imidazole rings is 1. The van der Waals surface area contributed by atoms with E-state index in [2.05, 4.69) is 24.4 Å². The van der Waals surface area contributed by atoms with E-state index in [1.165, 1.54) is 18.2 Å². The zero-order valence-electron chi connectivity index (χ0n) is 24.3. The molecule has 14 heteroatoms. The first kappa shape index (κ1) is 30.3. The molecule has 6 heterocycles. The second-order valence-corrected chi connectivity index (χ2v) is 11.8. The van der Waals surface area contributed by atoms with Crippen LogP contribution in [-0.4, -0.2) is 48.7 Å². The predicted octanol–water partition coefficient (Wildman–Crippen LogP) is 5.92. The number of benzene rings is 1. The summed E-state index contributed by atoms with van der Waals surface area (Å²) >= 11 is 5.80. The Labute approximate surface area is 264 Å². The summed E-state index contributed by atoms with van der Waals surface area (Å²) in [4.78, 5) is 30.1. The minimum atomic E-state index is -4.70. The summed E-state index contributed by atoms with van der Waals surface area (Å²) in [5.74, 6) is -0.518. The van der Waals surface area contributed by atoms with Gasteiger partial charge in [0.25, 0.3) is 0 Å². The van der Waals surface area contributed by atoms with Gasteiger partial charge in [0.2, 0.25) is 11.4 Å². The third-order valence-electron chi connectivity index (χ3n) is 8.25. The van der Waals surface area contributed by atoms with Gasteiger partial charge in [0.15, 0.2) is 0 Å². The van der Waals surface area contributed by atoms with Crippen molar-refractivity contribution in [2.45, 2.75) is 51.4 Å². The van der Waals surface area contributed by atoms with Crippen molar-refractivity contribution >= 4 is 22.6 Å². The molecule has 0 unspecified atom stereocenters. The molecule has 46 heavy (non-hydrogen) atoms. The molecule has 1 atom stereocenters. The van der Waals surface area contributed by atoms with Gasteiger partial charge in [0.1, 0.15) is 23.8 Å². The Morgan fingerprint density at radius 3 is 2.70 bits per heavy atom. The molecule has 0 amide bonds. The maximum Gasteiger partial charge on any atom is 0.421 e. The number of nitrogens with zero attached hydrogens (tertiary/aromatic N) is 5. The zero-order chi connectivity index (χ0) is 32.0. The Hall–Kier alpha value is -4.33. The Balaban J connectivity index is 1.16. The van der Waals surface area contributed by atoms with E-state index >= 15 is 0 Å². The standard InChI is InChI=1S/C32H27ClF4N6O3/c33-21-3-1-20(24(34)10-21)17-46-31-23(32(35,36)37)9-18-5-7-42(15-27(18)41-31)16-29-40-26-11-25(19-2-4-30(44)39-12-19)38-13-28(26)43(29)14-22-6-8-45-22/h1-4,9-13,22H,5-8,14-17H2,(H,39,44)/t22-/m0/s1. The molecule has 4 aromatic heterocycles. The number of halogens is 5. The number of aromatic amines is 1. The normalized spacial score (nSPS) is 16.8. The van der Waals surface area contributed by atoms with Crippen molar-refractivity contribution in [3.63, 3.8) is 0 Å². The van der Waals surface area contributed by atoms with Crippen molar-refractivity contribution < 1.29 is 27.0 Å². The number of H-pyrrole nitrogens is 1. The van der Waals surface area contributed by atoms with Gasteiger partial charge < -0.3 is 19.0 Å². The Kier molecular flexibility index (Phi) is 7.99. The number of rotatable bonds is 8. The molecule has 0 bridgehead atoms. The smallest absolute Gasteiger partial charge is 0.421 e. The van der Waals surface area contributed by atoms with Crippen molar-refractivity contribution in [3.05, 3.63) is 104 Å². The summed E-state index contributed by atoms with van der Waals surface area (Å²) in [7, 11) is 0. The van der Waals surface area contributed by atoms with Crippen LogP contribution in [0.15, 0.2) is 59.7 Å². The molecule has 238 valence electrons. The molecule has 2 aliphatic rings. The fraction of sp³-hybridized carbons (Fsp3) is 0.312. The molecule has 1 saturated heterocycles. The molecule has 0 aliphatic carbocycles. The Morgan fingerprint density at radius 2 is 1.98 bits per heavy atom. The second kappa shape index (κ2) is 12.1. The molecule has 1 fully saturated rings. The summed E-state index contributed by atoms with van der Waals surface area (Å²) in [6.45, 7) is 2.01. The highest BCUT2D eigenvalue weighted by Gasteiger charge is 2.37. The van der Waals surface area contributed by atoms with E-state index in [-0.39, 0.29) is 28.8 Å². The summed E-state index contributed by atoms with van der Waals surface area (Å²) in [6, 6.07) is 9.96. The third kappa shape index (κ3) is 6.22. The number of alkyl halides is 3. The maximum atomic E-state index is 14.3. The third-order valence-corrected chi connectivity index (χ3v) is 8.49. The van der Waals surface area contributed by atoms with Crippen LogP contribution in [0.5, 0.6) is 5.88 Å². The molecule has 2 aliphatic heterocycles. The van der Waals surface area contributed by atoms with Crippen molar-refractivity contribution in [2.24, 2.45) is 0 Å². The first-order valence-electron chi connectivity index (χ1n) is 14.7. The summed E-state index contributed by atoms with van der Waals surface area (Å²) < 4.78 is 69.6. The number of hydrogen-bond donors (Lipinski definition) is 1. The van der Waals surface area contributed by atoms with Gasteiger partial charge in [-0.15, -0.1) is 0 Å². The van der Waals surface area contributed by atoms with Crippen LogP contribution < -0.4 is 10.3 Å². The predicted molar refractivity (Wildman–Crippen MR) is 161 cm³/mol. The average Bonchev–Trinajstić information content (AvgIpc) is 3.33. The highest BCUT2D eigenvalue weighted by atomic mass is 35.5. The van der Waals surface area contributed by atoms with E-state index in [4.69, 9.17) is 26.1 Å². The lowest BCUT2D eigenvalue weighted by atomic mass is 10.0. The molecule has 5 aromatic rings. The topological polar surface area (TPSA) is 98.2 Å². The van der Waals surface area contributed by atoms with Crippen LogP contribution in [0.4, 0.5) is 17.6 Å². The van der Waals surface area contributed by atoms with Crippen molar-refractivity contribution in [1.29, 1.82) is 0 Å². The average molecular weight is 655 g/mol. The van der Waals surface area contributed by atoms with Crippen LogP contribution in [0, 0.1) is 5.82 Å². The van der Waals surface area contributed by atoms with Gasteiger partial charge in [-0.05, 0) is 48.7 Å². The molecule has 1 aromatic carbocycles. The molecule has 0 saturated carbocycles. The van der Waals surface area contributed by atoms with E-state index in [0.717, 1.165) is 41.0 Å². The molecular weight excluding hydrogens is 628 g/mol. The lowest BCUT2D eigenvalue weighted by Crippen LogP contribution is -2.34. The van der Waals surface area contributed by atoms with Crippen LogP contribution in [0.1, 0.15) is 34.6 Å². The van der Waals surface area contributed by atoms with E-state index in [1.54, 1.807) is 18.5 Å². The number of hydrogen-bond acceptors (Lipinski definition) is 7. The van der Waals surface area contributed by atoms with E-state index in [9.17, 15) is 22.4 Å². The largest absolute Gasteiger partial charge is 0.472 e. The minimum absolute atomic E-state index is 0.0461.